The van der Waals surface area contributed by atoms with E-state index in [1.807, 2.05) is 0 Å². The number of alkyl halides is 3. The molecule has 2 heterocycles. The Kier molecular flexibility index (Phi) is 3.82. The first kappa shape index (κ1) is 17.6. The van der Waals surface area contributed by atoms with Crippen molar-refractivity contribution in [1.29, 1.82) is 0 Å². The monoisotopic (exact) mass is 391 g/mol. The van der Waals surface area contributed by atoms with Gasteiger partial charge < -0.3 is 9.13 Å². The van der Waals surface area contributed by atoms with Crippen molar-refractivity contribution in [3.8, 4) is 11.3 Å². The molecule has 0 saturated carbocycles. The first-order valence-corrected chi connectivity index (χ1v) is 8.39. The van der Waals surface area contributed by atoms with Gasteiger partial charge in [0, 0.05) is 35.6 Å². The molecular formula is C19H13ClF3N3O. The van der Waals surface area contributed by atoms with Crippen LogP contribution in [-0.4, -0.2) is 14.1 Å². The average Bonchev–Trinajstić information content (AvgIpc) is 2.91. The summed E-state index contributed by atoms with van der Waals surface area (Å²) >= 11 is 6.00. The third-order valence-corrected chi connectivity index (χ3v) is 4.89. The van der Waals surface area contributed by atoms with E-state index in [0.29, 0.717) is 27.0 Å². The minimum atomic E-state index is -4.65. The molecule has 0 aliphatic heterocycles. The predicted molar refractivity (Wildman–Crippen MR) is 98.9 cm³/mol. The minimum Gasteiger partial charge on any atom is -0.340 e. The van der Waals surface area contributed by atoms with E-state index in [4.69, 9.17) is 11.6 Å². The maximum Gasteiger partial charge on any atom is 0.432 e. The van der Waals surface area contributed by atoms with Gasteiger partial charge in [-0.05, 0) is 24.3 Å². The summed E-state index contributed by atoms with van der Waals surface area (Å²) in [5.74, 6) is 0. The Morgan fingerprint density at radius 3 is 2.41 bits per heavy atom. The Labute approximate surface area is 156 Å². The highest BCUT2D eigenvalue weighted by molar-refractivity contribution is 6.31. The van der Waals surface area contributed by atoms with E-state index in [1.54, 1.807) is 36.4 Å². The number of rotatable bonds is 1. The van der Waals surface area contributed by atoms with Crippen molar-refractivity contribution in [3.05, 3.63) is 63.5 Å². The van der Waals surface area contributed by atoms with E-state index in [9.17, 15) is 18.0 Å². The lowest BCUT2D eigenvalue weighted by Gasteiger charge is -2.13. The van der Waals surface area contributed by atoms with Crippen LogP contribution in [0.4, 0.5) is 13.2 Å². The zero-order valence-corrected chi connectivity index (χ0v) is 15.1. The summed E-state index contributed by atoms with van der Waals surface area (Å²) in [6.07, 6.45) is -4.65. The minimum absolute atomic E-state index is 0.219. The van der Waals surface area contributed by atoms with Crippen LogP contribution in [0.1, 0.15) is 5.69 Å². The molecule has 138 valence electrons. The Bertz CT molecular complexity index is 1270. The summed E-state index contributed by atoms with van der Waals surface area (Å²) in [5, 5.41) is 0.701. The number of hydrogen-bond donors (Lipinski definition) is 0. The van der Waals surface area contributed by atoms with Crippen molar-refractivity contribution < 1.29 is 13.2 Å². The number of fused-ring (bicyclic) bond motifs is 2. The summed E-state index contributed by atoms with van der Waals surface area (Å²) in [7, 11) is 2.83. The summed E-state index contributed by atoms with van der Waals surface area (Å²) in [6.45, 7) is 0. The fourth-order valence-electron chi connectivity index (χ4n) is 3.43. The fourth-order valence-corrected chi connectivity index (χ4v) is 3.60. The molecule has 27 heavy (non-hydrogen) atoms. The zero-order chi connectivity index (χ0) is 19.5. The Morgan fingerprint density at radius 2 is 1.70 bits per heavy atom. The quantitative estimate of drug-likeness (QED) is 0.469. The maximum atomic E-state index is 13.9. The van der Waals surface area contributed by atoms with Gasteiger partial charge in [0.2, 0.25) is 0 Å². The highest BCUT2D eigenvalue weighted by Gasteiger charge is 2.40. The molecular weight excluding hydrogens is 379 g/mol. The van der Waals surface area contributed by atoms with Gasteiger partial charge in [-0.3, -0.25) is 4.79 Å². The average molecular weight is 392 g/mol. The Morgan fingerprint density at radius 1 is 1.00 bits per heavy atom. The standard InChI is InChI=1S/C19H13ClF3N3O/c1-25-13-6-4-3-5-11(13)15(17(25)19(21,22)23)16-18(27)26(2)14-8-7-10(20)9-12(14)24-16/h3-9H,1-2H3. The van der Waals surface area contributed by atoms with Crippen molar-refractivity contribution in [2.24, 2.45) is 14.1 Å². The van der Waals surface area contributed by atoms with E-state index in [1.165, 1.54) is 24.7 Å². The van der Waals surface area contributed by atoms with Crippen LogP contribution < -0.4 is 5.56 Å². The predicted octanol–water partition coefficient (Wildman–Crippen LogP) is 4.76. The van der Waals surface area contributed by atoms with Gasteiger partial charge >= 0.3 is 6.18 Å². The van der Waals surface area contributed by atoms with E-state index in [-0.39, 0.29) is 11.3 Å². The fraction of sp³-hybridized carbons (Fsp3) is 0.158. The van der Waals surface area contributed by atoms with Crippen LogP contribution in [0.2, 0.25) is 5.02 Å². The normalized spacial score (nSPS) is 12.2. The molecule has 2 aromatic carbocycles. The summed E-state index contributed by atoms with van der Waals surface area (Å²) in [6, 6.07) is 11.2. The van der Waals surface area contributed by atoms with Crippen LogP contribution in [0.5, 0.6) is 0 Å². The Balaban J connectivity index is 2.21. The third-order valence-electron chi connectivity index (χ3n) is 4.65. The van der Waals surface area contributed by atoms with Gasteiger partial charge in [-0.15, -0.1) is 0 Å². The second kappa shape index (κ2) is 5.85. The molecule has 0 aliphatic rings. The molecule has 0 fully saturated rings. The van der Waals surface area contributed by atoms with Crippen LogP contribution >= 0.6 is 11.6 Å². The van der Waals surface area contributed by atoms with Crippen molar-refractivity contribution in [2.75, 3.05) is 0 Å². The van der Waals surface area contributed by atoms with Crippen molar-refractivity contribution in [2.45, 2.75) is 6.18 Å². The molecule has 4 rings (SSSR count). The lowest BCUT2D eigenvalue weighted by Crippen LogP contribution is -2.22. The molecule has 4 nitrogen and oxygen atoms in total. The number of benzene rings is 2. The van der Waals surface area contributed by atoms with Gasteiger partial charge in [-0.2, -0.15) is 13.2 Å². The maximum absolute atomic E-state index is 13.9. The summed E-state index contributed by atoms with van der Waals surface area (Å²) in [5.41, 5.74) is -0.779. The van der Waals surface area contributed by atoms with Crippen LogP contribution in [0.25, 0.3) is 33.2 Å². The highest BCUT2D eigenvalue weighted by Crippen LogP contribution is 2.41. The van der Waals surface area contributed by atoms with Crippen LogP contribution in [0.15, 0.2) is 47.3 Å². The summed E-state index contributed by atoms with van der Waals surface area (Å²) in [4.78, 5) is 17.2. The number of aromatic nitrogens is 3. The molecule has 0 spiro atoms. The number of nitrogens with zero attached hydrogens (tertiary/aromatic N) is 3. The molecule has 0 unspecified atom stereocenters. The third kappa shape index (κ3) is 2.61. The highest BCUT2D eigenvalue weighted by atomic mass is 35.5. The van der Waals surface area contributed by atoms with Gasteiger partial charge in [0.1, 0.15) is 11.4 Å². The topological polar surface area (TPSA) is 39.8 Å². The summed E-state index contributed by atoms with van der Waals surface area (Å²) < 4.78 is 43.9. The number of aryl methyl sites for hydroxylation is 2. The van der Waals surface area contributed by atoms with Crippen LogP contribution in [0.3, 0.4) is 0 Å². The molecule has 8 heteroatoms. The van der Waals surface area contributed by atoms with E-state index >= 15 is 0 Å². The van der Waals surface area contributed by atoms with Gasteiger partial charge in [-0.25, -0.2) is 4.98 Å². The molecule has 0 amide bonds. The molecule has 4 aromatic rings. The number of halogens is 4. The van der Waals surface area contributed by atoms with Gasteiger partial charge in [0.05, 0.1) is 11.0 Å². The molecule has 0 bridgehead atoms. The lowest BCUT2D eigenvalue weighted by molar-refractivity contribution is -0.142. The zero-order valence-electron chi connectivity index (χ0n) is 14.3. The molecule has 0 aliphatic carbocycles. The number of para-hydroxylation sites is 1. The van der Waals surface area contributed by atoms with Crippen LogP contribution in [-0.2, 0) is 20.3 Å². The van der Waals surface area contributed by atoms with Gasteiger partial charge in [0.25, 0.3) is 5.56 Å². The van der Waals surface area contributed by atoms with E-state index < -0.39 is 17.4 Å². The largest absolute Gasteiger partial charge is 0.432 e. The SMILES string of the molecule is Cn1c(C(F)(F)F)c(-c2nc3cc(Cl)ccc3n(C)c2=O)c2ccccc21. The first-order valence-electron chi connectivity index (χ1n) is 8.01. The lowest BCUT2D eigenvalue weighted by atomic mass is 10.1. The van der Waals surface area contributed by atoms with Gasteiger partial charge in [0.15, 0.2) is 0 Å². The second-order valence-corrected chi connectivity index (χ2v) is 6.69. The van der Waals surface area contributed by atoms with E-state index in [2.05, 4.69) is 4.98 Å². The van der Waals surface area contributed by atoms with Crippen molar-refractivity contribution in [3.63, 3.8) is 0 Å². The molecule has 0 N–H and O–H groups in total. The van der Waals surface area contributed by atoms with E-state index in [0.717, 1.165) is 4.57 Å². The molecule has 0 saturated heterocycles. The molecule has 2 aromatic heterocycles. The second-order valence-electron chi connectivity index (χ2n) is 6.26. The molecule has 0 atom stereocenters. The number of hydrogen-bond acceptors (Lipinski definition) is 2. The first-order chi connectivity index (χ1) is 12.7. The van der Waals surface area contributed by atoms with Crippen LogP contribution in [0, 0.1) is 0 Å². The van der Waals surface area contributed by atoms with Crippen molar-refractivity contribution >= 4 is 33.5 Å². The van der Waals surface area contributed by atoms with Gasteiger partial charge in [-0.1, -0.05) is 29.8 Å². The Hall–Kier alpha value is -2.80. The molecule has 0 radical (unpaired) electrons. The smallest absolute Gasteiger partial charge is 0.340 e. The van der Waals surface area contributed by atoms with Crippen molar-refractivity contribution in [1.82, 2.24) is 14.1 Å².